The molecule has 0 rings (SSSR count). The van der Waals surface area contributed by atoms with Gasteiger partial charge in [-0.05, 0) is 0 Å². The maximum absolute atomic E-state index is 9.02. The molecule has 0 radical (unpaired) electrons. The molecule has 17 heavy (non-hydrogen) atoms. The first-order chi connectivity index (χ1) is 8.13. The van der Waals surface area contributed by atoms with Gasteiger partial charge in [0.05, 0.1) is 39.6 Å². The second kappa shape index (κ2) is 10.8. The van der Waals surface area contributed by atoms with Crippen LogP contribution in [0.3, 0.4) is 0 Å². The molecule has 0 bridgehead atoms. The van der Waals surface area contributed by atoms with Crippen LogP contribution in [0.2, 0.25) is 0 Å². The molecule has 0 aliphatic carbocycles. The van der Waals surface area contributed by atoms with Crippen LogP contribution in [0.5, 0.6) is 0 Å². The van der Waals surface area contributed by atoms with Crippen molar-refractivity contribution in [2.24, 2.45) is 0 Å². The van der Waals surface area contributed by atoms with Crippen molar-refractivity contribution in [3.63, 3.8) is 0 Å². The van der Waals surface area contributed by atoms with E-state index in [0.29, 0.717) is 0 Å². The van der Waals surface area contributed by atoms with Crippen LogP contribution in [-0.4, -0.2) is 85.5 Å². The molecule has 0 aromatic rings. The van der Waals surface area contributed by atoms with Gasteiger partial charge in [-0.3, -0.25) is 0 Å². The maximum atomic E-state index is 9.02. The van der Waals surface area contributed by atoms with Crippen molar-refractivity contribution in [3.05, 3.63) is 0 Å². The molecule has 0 saturated carbocycles. The van der Waals surface area contributed by atoms with Crippen LogP contribution in [0, 0.1) is 0 Å². The highest BCUT2D eigenvalue weighted by Gasteiger charge is 2.11. The van der Waals surface area contributed by atoms with Gasteiger partial charge in [0, 0.05) is 7.11 Å². The van der Waals surface area contributed by atoms with Gasteiger partial charge in [0.15, 0.2) is 0 Å². The Morgan fingerprint density at radius 3 is 1.53 bits per heavy atom. The predicted molar refractivity (Wildman–Crippen MR) is 58.6 cm³/mol. The minimum absolute atomic E-state index is 0.0234. The average molecular weight is 254 g/mol. The summed E-state index contributed by atoms with van der Waals surface area (Å²) in [5.41, 5.74) is 0. The third kappa shape index (κ3) is 9.42. The monoisotopic (exact) mass is 254 g/mol. The van der Waals surface area contributed by atoms with Gasteiger partial charge >= 0.3 is 0 Å². The molecular formula is C10H22O7. The molecular weight excluding hydrogens is 232 g/mol. The Hall–Kier alpha value is -0.280. The number of ether oxygens (including phenoxy) is 3. The number of methoxy groups -OCH3 is 1. The van der Waals surface area contributed by atoms with E-state index in [2.05, 4.69) is 0 Å². The first-order valence-corrected chi connectivity index (χ1v) is 5.40. The third-order valence-corrected chi connectivity index (χ3v) is 1.98. The topological polar surface area (TPSA) is 109 Å². The van der Waals surface area contributed by atoms with Crippen LogP contribution in [0.15, 0.2) is 0 Å². The zero-order chi connectivity index (χ0) is 13.1. The Balaban J connectivity index is 3.55. The lowest BCUT2D eigenvalue weighted by molar-refractivity contribution is -0.0753. The summed E-state index contributed by atoms with van der Waals surface area (Å²) >= 11 is 0. The van der Waals surface area contributed by atoms with Crippen LogP contribution in [-0.2, 0) is 14.2 Å². The Kier molecular flexibility index (Phi) is 10.7. The van der Waals surface area contributed by atoms with Crippen molar-refractivity contribution in [2.75, 3.05) is 46.8 Å². The van der Waals surface area contributed by atoms with Crippen LogP contribution >= 0.6 is 0 Å². The fraction of sp³-hybridized carbons (Fsp3) is 1.00. The Morgan fingerprint density at radius 1 is 0.824 bits per heavy atom. The van der Waals surface area contributed by atoms with E-state index in [1.54, 1.807) is 0 Å². The van der Waals surface area contributed by atoms with Gasteiger partial charge < -0.3 is 34.6 Å². The highest BCUT2D eigenvalue weighted by molar-refractivity contribution is 4.58. The quantitative estimate of drug-likeness (QED) is 0.329. The number of aliphatic hydroxyl groups is 4. The standard InChI is InChI=1S/C10H22O7/c1-15-10(6-16-4-8(13)2-11)7-17-5-9(14)3-12/h8-14H,2-7H2,1H3. The van der Waals surface area contributed by atoms with E-state index in [1.807, 2.05) is 0 Å². The van der Waals surface area contributed by atoms with E-state index in [1.165, 1.54) is 7.11 Å². The normalized spacial score (nSPS) is 16.8. The maximum Gasteiger partial charge on any atom is 0.104 e. The Bertz CT molecular complexity index is 151. The fourth-order valence-electron chi connectivity index (χ4n) is 0.961. The molecule has 0 saturated heterocycles. The highest BCUT2D eigenvalue weighted by Crippen LogP contribution is 1.96. The van der Waals surface area contributed by atoms with Crippen molar-refractivity contribution < 1.29 is 34.6 Å². The molecule has 2 unspecified atom stereocenters. The fourth-order valence-corrected chi connectivity index (χ4v) is 0.961. The van der Waals surface area contributed by atoms with E-state index in [4.69, 9.17) is 34.6 Å². The molecule has 7 nitrogen and oxygen atoms in total. The number of aliphatic hydroxyl groups excluding tert-OH is 4. The van der Waals surface area contributed by atoms with Gasteiger partial charge in [0.2, 0.25) is 0 Å². The van der Waals surface area contributed by atoms with Gasteiger partial charge in [0.1, 0.15) is 18.3 Å². The summed E-state index contributed by atoms with van der Waals surface area (Å²) in [4.78, 5) is 0. The zero-order valence-electron chi connectivity index (χ0n) is 9.99. The van der Waals surface area contributed by atoms with E-state index in [-0.39, 0.29) is 45.7 Å². The lowest BCUT2D eigenvalue weighted by Crippen LogP contribution is -2.30. The van der Waals surface area contributed by atoms with Gasteiger partial charge in [-0.2, -0.15) is 0 Å². The first kappa shape index (κ1) is 16.7. The predicted octanol–water partition coefficient (Wildman–Crippen LogP) is -2.26. The molecule has 0 heterocycles. The molecule has 0 amide bonds. The summed E-state index contributed by atoms with van der Waals surface area (Å²) in [7, 11) is 1.49. The largest absolute Gasteiger partial charge is 0.394 e. The van der Waals surface area contributed by atoms with Crippen LogP contribution < -0.4 is 0 Å². The second-order valence-corrected chi connectivity index (χ2v) is 3.61. The van der Waals surface area contributed by atoms with Gasteiger partial charge in [-0.1, -0.05) is 0 Å². The minimum atomic E-state index is -0.898. The molecule has 0 aromatic carbocycles. The summed E-state index contributed by atoms with van der Waals surface area (Å²) in [6.45, 7) is -0.232. The molecule has 0 spiro atoms. The third-order valence-electron chi connectivity index (χ3n) is 1.98. The lowest BCUT2D eigenvalue weighted by atomic mass is 10.3. The molecule has 4 N–H and O–H groups in total. The average Bonchev–Trinajstić information content (AvgIpc) is 2.36. The van der Waals surface area contributed by atoms with Crippen molar-refractivity contribution in [1.29, 1.82) is 0 Å². The smallest absolute Gasteiger partial charge is 0.104 e. The molecule has 7 heteroatoms. The summed E-state index contributed by atoms with van der Waals surface area (Å²) in [6, 6.07) is 0. The van der Waals surface area contributed by atoms with Crippen molar-refractivity contribution >= 4 is 0 Å². The SMILES string of the molecule is COC(COCC(O)CO)COCC(O)CO. The van der Waals surface area contributed by atoms with E-state index < -0.39 is 12.2 Å². The molecule has 0 fully saturated rings. The van der Waals surface area contributed by atoms with Crippen LogP contribution in [0.4, 0.5) is 0 Å². The first-order valence-electron chi connectivity index (χ1n) is 5.40. The molecule has 104 valence electrons. The molecule has 0 aliphatic heterocycles. The highest BCUT2D eigenvalue weighted by atomic mass is 16.6. The van der Waals surface area contributed by atoms with E-state index >= 15 is 0 Å². The Morgan fingerprint density at radius 2 is 1.24 bits per heavy atom. The minimum Gasteiger partial charge on any atom is -0.394 e. The van der Waals surface area contributed by atoms with Crippen LogP contribution in [0.1, 0.15) is 0 Å². The summed E-state index contributed by atoms with van der Waals surface area (Å²) in [5.74, 6) is 0. The Labute approximate surface area is 101 Å². The summed E-state index contributed by atoms with van der Waals surface area (Å²) in [5, 5.41) is 35.1. The van der Waals surface area contributed by atoms with Crippen molar-refractivity contribution in [1.82, 2.24) is 0 Å². The second-order valence-electron chi connectivity index (χ2n) is 3.61. The molecule has 0 aliphatic rings. The molecule has 0 aromatic heterocycles. The van der Waals surface area contributed by atoms with Crippen LogP contribution in [0.25, 0.3) is 0 Å². The number of hydrogen-bond acceptors (Lipinski definition) is 7. The van der Waals surface area contributed by atoms with Gasteiger partial charge in [0.25, 0.3) is 0 Å². The van der Waals surface area contributed by atoms with Gasteiger partial charge in [-0.25, -0.2) is 0 Å². The molecule has 2 atom stereocenters. The zero-order valence-corrected chi connectivity index (χ0v) is 9.99. The number of rotatable bonds is 11. The van der Waals surface area contributed by atoms with Crippen molar-refractivity contribution in [2.45, 2.75) is 18.3 Å². The summed E-state index contributed by atoms with van der Waals surface area (Å²) in [6.07, 6.45) is -2.12. The summed E-state index contributed by atoms with van der Waals surface area (Å²) < 4.78 is 15.2. The van der Waals surface area contributed by atoms with Gasteiger partial charge in [-0.15, -0.1) is 0 Å². The van der Waals surface area contributed by atoms with Crippen molar-refractivity contribution in [3.8, 4) is 0 Å². The lowest BCUT2D eigenvalue weighted by Gasteiger charge is -2.17. The van der Waals surface area contributed by atoms with E-state index in [0.717, 1.165) is 0 Å². The van der Waals surface area contributed by atoms with E-state index in [9.17, 15) is 0 Å². The number of hydrogen-bond donors (Lipinski definition) is 4.